The van der Waals surface area contributed by atoms with Crippen LogP contribution in [0.25, 0.3) is 0 Å². The molecule has 1 aromatic carbocycles. The Kier molecular flexibility index (Phi) is 9.49. The van der Waals surface area contributed by atoms with Crippen molar-refractivity contribution < 1.29 is 71.1 Å². The molecule has 1 aromatic rings. The van der Waals surface area contributed by atoms with E-state index in [2.05, 4.69) is 0 Å². The van der Waals surface area contributed by atoms with E-state index in [4.69, 9.17) is 5.14 Å². The van der Waals surface area contributed by atoms with Crippen LogP contribution in [-0.2, 0) is 10.0 Å². The molecule has 0 unspecified atom stereocenters. The number of nitrogens with two attached hydrogens (primary N) is 1. The van der Waals surface area contributed by atoms with Gasteiger partial charge in [0.05, 0.1) is 14.7 Å². The quantitative estimate of drug-likeness (QED) is 0.338. The molecule has 0 atom stereocenters. The molecule has 0 aliphatic rings. The predicted molar refractivity (Wildman–Crippen MR) is 85.0 cm³/mol. The summed E-state index contributed by atoms with van der Waals surface area (Å²) in [4.78, 5) is 21.8. The van der Waals surface area contributed by atoms with Crippen molar-refractivity contribution in [2.75, 3.05) is 18.0 Å². The summed E-state index contributed by atoms with van der Waals surface area (Å²) in [5.41, 5.74) is -1.49. The van der Waals surface area contributed by atoms with Gasteiger partial charge in [0, 0.05) is 25.2 Å². The third kappa shape index (κ3) is 5.72. The largest absolute Gasteiger partial charge is 1.00 e. The summed E-state index contributed by atoms with van der Waals surface area (Å²) in [5, 5.41) is 27.6. The molecule has 0 aliphatic carbocycles. The predicted octanol–water partition coefficient (Wildman–Crippen LogP) is -1.11. The van der Waals surface area contributed by atoms with Crippen LogP contribution < -0.4 is 61.4 Å². The average molecular weight is 386 g/mol. The number of rotatable bonds is 8. The van der Waals surface area contributed by atoms with E-state index in [1.165, 1.54) is 4.90 Å². The maximum absolute atomic E-state index is 11.4. The Bertz CT molecular complexity index is 689. The van der Waals surface area contributed by atoms with Crippen LogP contribution in [0.1, 0.15) is 28.1 Å². The smallest absolute Gasteiger partial charge is 1.00 e. The third-order valence-corrected chi connectivity index (χ3v) is 3.96. The molecule has 24 heavy (non-hydrogen) atoms. The van der Waals surface area contributed by atoms with Crippen LogP contribution in [0, 0.1) is 20.2 Å². The van der Waals surface area contributed by atoms with Gasteiger partial charge < -0.3 is 6.33 Å². The van der Waals surface area contributed by atoms with Crippen LogP contribution in [0.2, 0.25) is 0 Å². The summed E-state index contributed by atoms with van der Waals surface area (Å²) in [6.07, 6.45) is 1.23. The first-order chi connectivity index (χ1) is 10.6. The molecule has 1 rings (SSSR count). The van der Waals surface area contributed by atoms with Gasteiger partial charge in [-0.3, -0.25) is 20.2 Å². The zero-order valence-electron chi connectivity index (χ0n) is 14.8. The van der Waals surface area contributed by atoms with Crippen LogP contribution in [0.5, 0.6) is 0 Å². The van der Waals surface area contributed by atoms with Crippen molar-refractivity contribution in [2.45, 2.75) is 31.6 Å². The van der Waals surface area contributed by atoms with Crippen LogP contribution >= 0.6 is 0 Å². The standard InChI is InChI=1S/C12H18N4O6S.K.H/c1-3-5-14(6-4-2)12-10(15(17)18)7-9(23(13,21)22)8-11(12)16(19)20;;/h7-8H,3-6H2,1-2H3,(H2,13,21,22);;/q;+1;-1. The van der Waals surface area contributed by atoms with Gasteiger partial charge in [0.25, 0.3) is 0 Å². The second-order valence-corrected chi connectivity index (χ2v) is 6.42. The molecule has 0 saturated heterocycles. The van der Waals surface area contributed by atoms with Gasteiger partial charge in [-0.05, 0) is 12.8 Å². The van der Waals surface area contributed by atoms with E-state index >= 15 is 0 Å². The average Bonchev–Trinajstić information content (AvgIpc) is 2.44. The number of hydrogen-bond acceptors (Lipinski definition) is 7. The van der Waals surface area contributed by atoms with Gasteiger partial charge in [-0.2, -0.15) is 0 Å². The van der Waals surface area contributed by atoms with Crippen molar-refractivity contribution in [1.82, 2.24) is 0 Å². The molecule has 0 radical (unpaired) electrons. The van der Waals surface area contributed by atoms with Gasteiger partial charge in [-0.15, -0.1) is 0 Å². The van der Waals surface area contributed by atoms with Gasteiger partial charge in [-0.25, -0.2) is 13.6 Å². The number of hydrogen-bond donors (Lipinski definition) is 1. The molecule has 0 aliphatic heterocycles. The van der Waals surface area contributed by atoms with Crippen LogP contribution in [0.3, 0.4) is 0 Å². The second kappa shape index (κ2) is 9.75. The first-order valence-electron chi connectivity index (χ1n) is 6.88. The molecule has 12 heteroatoms. The number of anilines is 1. The topological polar surface area (TPSA) is 150 Å². The SMILES string of the molecule is CCCN(CCC)c1c([N+](=O)[O-])cc(S(N)(=O)=O)cc1[N+](=O)[O-].[H-].[K+]. The number of nitro groups is 2. The zero-order chi connectivity index (χ0) is 17.8. The molecule has 0 amide bonds. The Labute approximate surface area is 183 Å². The summed E-state index contributed by atoms with van der Waals surface area (Å²) in [7, 11) is -4.31. The number of primary sulfonamides is 1. The van der Waals surface area contributed by atoms with Crippen LogP contribution in [0.4, 0.5) is 17.1 Å². The van der Waals surface area contributed by atoms with Gasteiger partial charge in [0.15, 0.2) is 5.69 Å². The Morgan fingerprint density at radius 3 is 1.71 bits per heavy atom. The molecule has 0 bridgehead atoms. The summed E-state index contributed by atoms with van der Waals surface area (Å²) >= 11 is 0. The second-order valence-electron chi connectivity index (χ2n) is 4.86. The Balaban J connectivity index is 0. The summed E-state index contributed by atoms with van der Waals surface area (Å²) < 4.78 is 22.9. The van der Waals surface area contributed by atoms with Crippen molar-refractivity contribution in [3.05, 3.63) is 32.4 Å². The van der Waals surface area contributed by atoms with E-state index in [1.807, 2.05) is 13.8 Å². The van der Waals surface area contributed by atoms with Crippen molar-refractivity contribution in [1.29, 1.82) is 0 Å². The fourth-order valence-electron chi connectivity index (χ4n) is 2.22. The van der Waals surface area contributed by atoms with Crippen LogP contribution in [-0.4, -0.2) is 31.4 Å². The van der Waals surface area contributed by atoms with Crippen molar-refractivity contribution in [3.63, 3.8) is 0 Å². The number of nitrogens with zero attached hydrogens (tertiary/aromatic N) is 3. The van der Waals surface area contributed by atoms with E-state index in [0.717, 1.165) is 12.1 Å². The minimum Gasteiger partial charge on any atom is -1.00 e. The summed E-state index contributed by atoms with van der Waals surface area (Å²) in [6.45, 7) is 4.40. The molecule has 10 nitrogen and oxygen atoms in total. The Morgan fingerprint density at radius 2 is 1.46 bits per heavy atom. The first kappa shape index (κ1) is 23.4. The van der Waals surface area contributed by atoms with Gasteiger partial charge >= 0.3 is 62.8 Å². The van der Waals surface area contributed by atoms with E-state index in [9.17, 15) is 28.6 Å². The molecule has 0 spiro atoms. The molecule has 2 N–H and O–H groups in total. The van der Waals surface area contributed by atoms with Crippen molar-refractivity contribution in [3.8, 4) is 0 Å². The fourth-order valence-corrected chi connectivity index (χ4v) is 2.77. The van der Waals surface area contributed by atoms with Crippen molar-refractivity contribution in [2.24, 2.45) is 5.14 Å². The molecule has 0 fully saturated rings. The normalized spacial score (nSPS) is 10.8. The monoisotopic (exact) mass is 386 g/mol. The Morgan fingerprint density at radius 1 is 1.08 bits per heavy atom. The number of nitro benzene ring substituents is 2. The minimum atomic E-state index is -4.31. The maximum atomic E-state index is 11.4. The summed E-state index contributed by atoms with van der Waals surface area (Å²) in [6, 6.07) is 1.52. The first-order valence-corrected chi connectivity index (χ1v) is 8.42. The Hall–Kier alpha value is -0.634. The van der Waals surface area contributed by atoms with E-state index in [-0.39, 0.29) is 58.5 Å². The maximum Gasteiger partial charge on any atom is 1.00 e. The van der Waals surface area contributed by atoms with Gasteiger partial charge in [-0.1, -0.05) is 13.8 Å². The van der Waals surface area contributed by atoms with Gasteiger partial charge in [0.1, 0.15) is 0 Å². The summed E-state index contributed by atoms with van der Waals surface area (Å²) in [5.74, 6) is 0. The number of sulfonamides is 1. The molecular formula is C12H19KN4O6S. The number of benzene rings is 1. The molecular weight excluding hydrogens is 367 g/mol. The van der Waals surface area contributed by atoms with E-state index in [1.54, 1.807) is 0 Å². The van der Waals surface area contributed by atoms with Gasteiger partial charge in [0.2, 0.25) is 10.0 Å². The van der Waals surface area contributed by atoms with E-state index < -0.39 is 36.1 Å². The zero-order valence-corrected chi connectivity index (χ0v) is 17.7. The fraction of sp³-hybridized carbons (Fsp3) is 0.500. The molecule has 0 aromatic heterocycles. The molecule has 0 saturated carbocycles. The molecule has 130 valence electrons. The van der Waals surface area contributed by atoms with Crippen molar-refractivity contribution >= 4 is 27.1 Å². The van der Waals surface area contributed by atoms with E-state index in [0.29, 0.717) is 25.9 Å². The minimum absolute atomic E-state index is 0. The third-order valence-electron chi connectivity index (χ3n) is 3.07. The molecule has 0 heterocycles. The van der Waals surface area contributed by atoms with Crippen LogP contribution in [0.15, 0.2) is 17.0 Å².